The minimum absolute atomic E-state index is 0.0112. The Morgan fingerprint density at radius 1 is 0.946 bits per heavy atom. The van der Waals surface area contributed by atoms with Crippen LogP contribution < -0.4 is 14.2 Å². The standard InChI is InChI=1S/C26H29N3O6S2/c1-18(15-20-16-28-26-23(20)9-6-10-25(26)35-36(2,31)32)27-17-24(30)19-11-13-22(14-12-19)37(33,34)29-21-7-4-3-5-8-21/h3-14,16,18,24,27-30H,15,17H2,1-2H3/t18-,24+/m1/s1. The number of hydrogen-bond acceptors (Lipinski definition) is 7. The number of sulfonamides is 1. The van der Waals surface area contributed by atoms with Crippen molar-refractivity contribution >= 4 is 36.7 Å². The molecule has 0 bridgehead atoms. The predicted octanol–water partition coefficient (Wildman–Crippen LogP) is 3.56. The number of aromatic nitrogens is 1. The number of aliphatic hydroxyl groups excluding tert-OH is 1. The van der Waals surface area contributed by atoms with Crippen molar-refractivity contribution < 1.29 is 26.1 Å². The van der Waals surface area contributed by atoms with Crippen LogP contribution in [0.25, 0.3) is 10.9 Å². The molecule has 0 saturated carbocycles. The van der Waals surface area contributed by atoms with Crippen molar-refractivity contribution in [3.63, 3.8) is 0 Å². The highest BCUT2D eigenvalue weighted by molar-refractivity contribution is 7.92. The lowest BCUT2D eigenvalue weighted by molar-refractivity contribution is 0.170. The van der Waals surface area contributed by atoms with Crippen molar-refractivity contribution in [2.45, 2.75) is 30.4 Å². The first kappa shape index (κ1) is 26.7. The fourth-order valence-corrected chi connectivity index (χ4v) is 5.53. The van der Waals surface area contributed by atoms with Gasteiger partial charge < -0.3 is 19.6 Å². The van der Waals surface area contributed by atoms with E-state index in [4.69, 9.17) is 4.18 Å². The largest absolute Gasteiger partial charge is 0.387 e. The van der Waals surface area contributed by atoms with Crippen molar-refractivity contribution in [2.24, 2.45) is 0 Å². The first-order valence-electron chi connectivity index (χ1n) is 11.6. The van der Waals surface area contributed by atoms with Gasteiger partial charge in [0.25, 0.3) is 10.0 Å². The molecule has 0 unspecified atom stereocenters. The van der Waals surface area contributed by atoms with Gasteiger partial charge in [0.2, 0.25) is 0 Å². The van der Waals surface area contributed by atoms with Crippen LogP contribution >= 0.6 is 0 Å². The van der Waals surface area contributed by atoms with E-state index in [9.17, 15) is 21.9 Å². The second-order valence-corrected chi connectivity index (χ2v) is 12.1. The fourth-order valence-electron chi connectivity index (χ4n) is 4.01. The third-order valence-corrected chi connectivity index (χ3v) is 7.67. The predicted molar refractivity (Wildman–Crippen MR) is 144 cm³/mol. The molecule has 4 rings (SSSR count). The van der Waals surface area contributed by atoms with Crippen LogP contribution in [0, 0.1) is 0 Å². The van der Waals surface area contributed by atoms with Gasteiger partial charge in [0.05, 0.1) is 22.8 Å². The number of aromatic amines is 1. The van der Waals surface area contributed by atoms with Crippen molar-refractivity contribution in [3.8, 4) is 5.75 Å². The van der Waals surface area contributed by atoms with E-state index >= 15 is 0 Å². The molecule has 3 aromatic carbocycles. The number of nitrogens with one attached hydrogen (secondary N) is 3. The molecule has 4 aromatic rings. The molecule has 0 fully saturated rings. The molecule has 1 heterocycles. The van der Waals surface area contributed by atoms with Crippen LogP contribution in [-0.2, 0) is 26.6 Å². The minimum Gasteiger partial charge on any atom is -0.387 e. The number of rotatable bonds is 11. The van der Waals surface area contributed by atoms with Crippen LogP contribution in [0.5, 0.6) is 5.75 Å². The average Bonchev–Trinajstić information content (AvgIpc) is 3.26. The Balaban J connectivity index is 1.35. The van der Waals surface area contributed by atoms with Gasteiger partial charge in [0.1, 0.15) is 0 Å². The SMILES string of the molecule is C[C@H](Cc1c[nH]c2c(OS(C)(=O)=O)cccc12)NC[C@H](O)c1ccc(S(=O)(=O)Nc2ccccc2)cc1. The van der Waals surface area contributed by atoms with E-state index in [2.05, 4.69) is 15.0 Å². The van der Waals surface area contributed by atoms with E-state index in [0.717, 1.165) is 17.2 Å². The molecular formula is C26H29N3O6S2. The molecule has 37 heavy (non-hydrogen) atoms. The van der Waals surface area contributed by atoms with Gasteiger partial charge >= 0.3 is 10.1 Å². The molecule has 0 aliphatic heterocycles. The Kier molecular flexibility index (Phi) is 7.88. The van der Waals surface area contributed by atoms with Crippen molar-refractivity contribution in [3.05, 3.63) is 90.1 Å². The lowest BCUT2D eigenvalue weighted by atomic mass is 10.0. The summed E-state index contributed by atoms with van der Waals surface area (Å²) in [5, 5.41) is 14.8. The molecule has 0 radical (unpaired) electrons. The summed E-state index contributed by atoms with van der Waals surface area (Å²) in [5.41, 5.74) is 2.64. The Labute approximate surface area is 216 Å². The molecular weight excluding hydrogens is 514 g/mol. The number of benzene rings is 3. The van der Waals surface area contributed by atoms with Crippen LogP contribution in [0.1, 0.15) is 24.2 Å². The van der Waals surface area contributed by atoms with Gasteiger partial charge in [-0.15, -0.1) is 0 Å². The Morgan fingerprint density at radius 3 is 2.32 bits per heavy atom. The van der Waals surface area contributed by atoms with E-state index in [1.54, 1.807) is 54.6 Å². The van der Waals surface area contributed by atoms with Gasteiger partial charge in [-0.1, -0.05) is 42.5 Å². The van der Waals surface area contributed by atoms with Crippen LogP contribution in [0.4, 0.5) is 5.69 Å². The molecule has 2 atom stereocenters. The Hall–Kier alpha value is -3.38. The van der Waals surface area contributed by atoms with Crippen molar-refractivity contribution in [2.75, 3.05) is 17.5 Å². The molecule has 196 valence electrons. The van der Waals surface area contributed by atoms with Crippen LogP contribution in [-0.4, -0.2) is 45.8 Å². The molecule has 0 spiro atoms. The number of hydrogen-bond donors (Lipinski definition) is 4. The highest BCUT2D eigenvalue weighted by atomic mass is 32.2. The maximum absolute atomic E-state index is 12.6. The lowest BCUT2D eigenvalue weighted by Gasteiger charge is -2.18. The van der Waals surface area contributed by atoms with Gasteiger partial charge in [-0.05, 0) is 54.8 Å². The third-order valence-electron chi connectivity index (χ3n) is 5.79. The van der Waals surface area contributed by atoms with Gasteiger partial charge in [-0.2, -0.15) is 8.42 Å². The fraction of sp³-hybridized carbons (Fsp3) is 0.231. The molecule has 1 aromatic heterocycles. The lowest BCUT2D eigenvalue weighted by Crippen LogP contribution is -2.32. The van der Waals surface area contributed by atoms with Gasteiger partial charge in [0, 0.05) is 29.9 Å². The summed E-state index contributed by atoms with van der Waals surface area (Å²) in [5.74, 6) is 0.242. The monoisotopic (exact) mass is 543 g/mol. The number of H-pyrrole nitrogens is 1. The maximum Gasteiger partial charge on any atom is 0.306 e. The van der Waals surface area contributed by atoms with Gasteiger partial charge in [-0.25, -0.2) is 8.42 Å². The molecule has 4 N–H and O–H groups in total. The Morgan fingerprint density at radius 2 is 1.65 bits per heavy atom. The summed E-state index contributed by atoms with van der Waals surface area (Å²) in [6.07, 6.45) is 2.61. The number of para-hydroxylation sites is 2. The number of aliphatic hydroxyl groups is 1. The first-order chi connectivity index (χ1) is 17.5. The summed E-state index contributed by atoms with van der Waals surface area (Å²) < 4.78 is 55.9. The number of anilines is 1. The van der Waals surface area contributed by atoms with Crippen LogP contribution in [0.2, 0.25) is 0 Å². The summed E-state index contributed by atoms with van der Waals surface area (Å²) in [6.45, 7) is 2.24. The summed E-state index contributed by atoms with van der Waals surface area (Å²) in [7, 11) is -7.38. The highest BCUT2D eigenvalue weighted by Gasteiger charge is 2.17. The Bertz CT molecular complexity index is 1570. The van der Waals surface area contributed by atoms with Crippen LogP contribution in [0.3, 0.4) is 0 Å². The van der Waals surface area contributed by atoms with E-state index < -0.39 is 26.2 Å². The second-order valence-electron chi connectivity index (χ2n) is 8.85. The summed E-state index contributed by atoms with van der Waals surface area (Å²) >= 11 is 0. The van der Waals surface area contributed by atoms with E-state index in [1.165, 1.54) is 12.1 Å². The van der Waals surface area contributed by atoms with Crippen LogP contribution in [0.15, 0.2) is 83.9 Å². The zero-order chi connectivity index (χ0) is 26.6. The molecule has 0 amide bonds. The average molecular weight is 544 g/mol. The molecule has 11 heteroatoms. The van der Waals surface area contributed by atoms with Crippen molar-refractivity contribution in [1.82, 2.24) is 10.3 Å². The molecule has 0 aliphatic rings. The summed E-state index contributed by atoms with van der Waals surface area (Å²) in [6, 6.07) is 20.0. The van der Waals surface area contributed by atoms with E-state index in [0.29, 0.717) is 23.2 Å². The van der Waals surface area contributed by atoms with Gasteiger partial charge in [0.15, 0.2) is 5.75 Å². The molecule has 0 saturated heterocycles. The summed E-state index contributed by atoms with van der Waals surface area (Å²) in [4.78, 5) is 3.19. The normalized spacial score (nSPS) is 13.8. The van der Waals surface area contributed by atoms with E-state index in [1.807, 2.05) is 19.2 Å². The smallest absolute Gasteiger partial charge is 0.306 e. The first-order valence-corrected chi connectivity index (χ1v) is 14.9. The third kappa shape index (κ3) is 6.89. The zero-order valence-electron chi connectivity index (χ0n) is 20.4. The highest BCUT2D eigenvalue weighted by Crippen LogP contribution is 2.29. The quantitative estimate of drug-likeness (QED) is 0.212. The second kappa shape index (κ2) is 10.9. The minimum atomic E-state index is -3.73. The molecule has 0 aliphatic carbocycles. The van der Waals surface area contributed by atoms with E-state index in [-0.39, 0.29) is 23.2 Å². The van der Waals surface area contributed by atoms with Gasteiger partial charge in [-0.3, -0.25) is 4.72 Å². The maximum atomic E-state index is 12.6. The molecule has 9 nitrogen and oxygen atoms in total. The topological polar surface area (TPSA) is 138 Å². The van der Waals surface area contributed by atoms with Crippen molar-refractivity contribution in [1.29, 1.82) is 0 Å². The zero-order valence-corrected chi connectivity index (χ0v) is 22.0. The number of fused-ring (bicyclic) bond motifs is 1.